The highest BCUT2D eigenvalue weighted by atomic mass is 15.1. The third kappa shape index (κ3) is 4.97. The van der Waals surface area contributed by atoms with Gasteiger partial charge >= 0.3 is 0 Å². The maximum atomic E-state index is 10.1. The van der Waals surface area contributed by atoms with Crippen molar-refractivity contribution in [3.63, 3.8) is 0 Å². The molecule has 0 fully saturated rings. The summed E-state index contributed by atoms with van der Waals surface area (Å²) >= 11 is 0. The van der Waals surface area contributed by atoms with Gasteiger partial charge in [-0.25, -0.2) is 0 Å². The van der Waals surface area contributed by atoms with Gasteiger partial charge in [-0.2, -0.15) is 5.26 Å². The third-order valence-corrected chi connectivity index (χ3v) is 13.7. The van der Waals surface area contributed by atoms with Crippen LogP contribution in [0.2, 0.25) is 0 Å². The highest BCUT2D eigenvalue weighted by molar-refractivity contribution is 6.26. The molecule has 0 N–H and O–H groups in total. The standard InChI is InChI=1S/C60H36N6/c61-35-38-27-29-39(30-28-38)56-54(65-52-25-13-9-21-44(52)48-33-31-46-42-19-7-11-23-50(42)63(57(46)59(48)65)40-15-3-1-4-16-40)36-62-37-55(56)66-53-26-14-10-22-45(53)49-34-32-47-43-20-8-12-24-51(43)64(58(47)60(49)66)41-17-5-2-6-18-41/h1-34,36-37H. The minimum absolute atomic E-state index is 0.604. The molecule has 14 aromatic rings. The summed E-state index contributed by atoms with van der Waals surface area (Å²) in [5.74, 6) is 0. The molecule has 0 amide bonds. The van der Waals surface area contributed by atoms with Gasteiger partial charge in [0.25, 0.3) is 0 Å². The summed E-state index contributed by atoms with van der Waals surface area (Å²) in [6.45, 7) is 0. The van der Waals surface area contributed by atoms with Crippen LogP contribution in [0, 0.1) is 11.3 Å². The zero-order valence-corrected chi connectivity index (χ0v) is 35.5. The van der Waals surface area contributed by atoms with E-state index in [-0.39, 0.29) is 0 Å². The average molecular weight is 841 g/mol. The van der Waals surface area contributed by atoms with Crippen LogP contribution >= 0.6 is 0 Å². The summed E-state index contributed by atoms with van der Waals surface area (Å²) in [5.41, 5.74) is 15.5. The largest absolute Gasteiger partial charge is 0.307 e. The zero-order chi connectivity index (χ0) is 43.5. The number of pyridine rings is 1. The minimum Gasteiger partial charge on any atom is -0.307 e. The van der Waals surface area contributed by atoms with Crippen molar-refractivity contribution in [3.05, 3.63) is 224 Å². The zero-order valence-electron chi connectivity index (χ0n) is 35.5. The molecule has 0 saturated carbocycles. The Morgan fingerprint density at radius 2 is 0.652 bits per heavy atom. The highest BCUT2D eigenvalue weighted by Gasteiger charge is 2.27. The van der Waals surface area contributed by atoms with E-state index in [1.54, 1.807) is 0 Å². The molecule has 306 valence electrons. The fourth-order valence-electron chi connectivity index (χ4n) is 11.0. The number of benzene rings is 9. The molecule has 0 radical (unpaired) electrons. The minimum atomic E-state index is 0.604. The number of hydrogen-bond acceptors (Lipinski definition) is 2. The molecule has 14 rings (SSSR count). The number of nitrogens with zero attached hydrogens (tertiary/aromatic N) is 6. The van der Waals surface area contributed by atoms with Gasteiger partial charge in [-0.1, -0.05) is 146 Å². The van der Waals surface area contributed by atoms with E-state index in [9.17, 15) is 5.26 Å². The van der Waals surface area contributed by atoms with Gasteiger partial charge in [0.2, 0.25) is 0 Å². The molecule has 66 heavy (non-hydrogen) atoms. The number of hydrogen-bond donors (Lipinski definition) is 0. The van der Waals surface area contributed by atoms with Gasteiger partial charge < -0.3 is 18.3 Å². The summed E-state index contributed by atoms with van der Waals surface area (Å²) in [5, 5.41) is 19.4. The number of rotatable bonds is 5. The van der Waals surface area contributed by atoms with E-state index >= 15 is 0 Å². The third-order valence-electron chi connectivity index (χ3n) is 13.7. The molecular weight excluding hydrogens is 805 g/mol. The molecule has 0 aliphatic carbocycles. The Kier molecular flexibility index (Phi) is 7.65. The van der Waals surface area contributed by atoms with Crippen LogP contribution in [0.5, 0.6) is 0 Å². The van der Waals surface area contributed by atoms with Crippen LogP contribution in [0.15, 0.2) is 219 Å². The molecular formula is C60H36N6. The number of nitriles is 1. The van der Waals surface area contributed by atoms with Gasteiger partial charge in [-0.3, -0.25) is 4.98 Å². The maximum Gasteiger partial charge on any atom is 0.0991 e. The molecule has 0 aliphatic rings. The van der Waals surface area contributed by atoms with Crippen molar-refractivity contribution in [2.75, 3.05) is 0 Å². The van der Waals surface area contributed by atoms with Crippen LogP contribution in [-0.2, 0) is 0 Å². The molecule has 0 bridgehead atoms. The van der Waals surface area contributed by atoms with E-state index < -0.39 is 0 Å². The topological polar surface area (TPSA) is 56.4 Å². The predicted octanol–water partition coefficient (Wildman–Crippen LogP) is 15.0. The lowest BCUT2D eigenvalue weighted by Gasteiger charge is -2.20. The van der Waals surface area contributed by atoms with Crippen molar-refractivity contribution >= 4 is 87.2 Å². The van der Waals surface area contributed by atoms with Crippen molar-refractivity contribution in [1.82, 2.24) is 23.3 Å². The van der Waals surface area contributed by atoms with Crippen molar-refractivity contribution in [3.8, 4) is 39.9 Å². The van der Waals surface area contributed by atoms with Gasteiger partial charge in [0, 0.05) is 60.0 Å². The van der Waals surface area contributed by atoms with E-state index in [0.717, 1.165) is 99.6 Å². The van der Waals surface area contributed by atoms with Gasteiger partial charge in [-0.15, -0.1) is 0 Å². The van der Waals surface area contributed by atoms with Gasteiger partial charge in [0.15, 0.2) is 0 Å². The fourth-order valence-corrected chi connectivity index (χ4v) is 11.0. The molecule has 0 spiro atoms. The van der Waals surface area contributed by atoms with Crippen LogP contribution in [0.4, 0.5) is 0 Å². The van der Waals surface area contributed by atoms with Gasteiger partial charge in [-0.05, 0) is 66.2 Å². The quantitative estimate of drug-likeness (QED) is 0.173. The first-order valence-corrected chi connectivity index (χ1v) is 22.3. The van der Waals surface area contributed by atoms with Crippen molar-refractivity contribution < 1.29 is 0 Å². The molecule has 0 atom stereocenters. The summed E-state index contributed by atoms with van der Waals surface area (Å²) in [6, 6.07) is 75.9. The van der Waals surface area contributed by atoms with Gasteiger partial charge in [0.1, 0.15) is 0 Å². The molecule has 0 unspecified atom stereocenters. The van der Waals surface area contributed by atoms with Crippen LogP contribution < -0.4 is 0 Å². The predicted molar refractivity (Wildman–Crippen MR) is 272 cm³/mol. The first-order chi connectivity index (χ1) is 32.8. The Morgan fingerprint density at radius 3 is 1.03 bits per heavy atom. The summed E-state index contributed by atoms with van der Waals surface area (Å²) in [6.07, 6.45) is 4.06. The molecule has 5 aromatic heterocycles. The lowest BCUT2D eigenvalue weighted by Crippen LogP contribution is -2.06. The monoisotopic (exact) mass is 840 g/mol. The summed E-state index contributed by atoms with van der Waals surface area (Å²) in [4.78, 5) is 5.24. The maximum absolute atomic E-state index is 10.1. The number of aromatic nitrogens is 5. The Labute approximate surface area is 378 Å². The molecule has 6 nitrogen and oxygen atoms in total. The lowest BCUT2D eigenvalue weighted by atomic mass is 10.0. The molecule has 0 aliphatic heterocycles. The van der Waals surface area contributed by atoms with Gasteiger partial charge in [0.05, 0.1) is 79.5 Å². The number of fused-ring (bicyclic) bond motifs is 14. The van der Waals surface area contributed by atoms with Crippen LogP contribution in [0.25, 0.3) is 121 Å². The van der Waals surface area contributed by atoms with E-state index in [1.807, 2.05) is 24.5 Å². The summed E-state index contributed by atoms with van der Waals surface area (Å²) < 4.78 is 9.74. The second-order valence-corrected chi connectivity index (χ2v) is 17.0. The van der Waals surface area contributed by atoms with Crippen LogP contribution in [0.1, 0.15) is 5.56 Å². The second kappa shape index (κ2) is 13.9. The smallest absolute Gasteiger partial charge is 0.0991 e. The second-order valence-electron chi connectivity index (χ2n) is 17.0. The number of para-hydroxylation sites is 6. The lowest BCUT2D eigenvalue weighted by molar-refractivity contribution is 1.09. The molecule has 9 aromatic carbocycles. The first kappa shape index (κ1) is 36.3. The Bertz CT molecular complexity index is 4080. The Morgan fingerprint density at radius 1 is 0.318 bits per heavy atom. The highest BCUT2D eigenvalue weighted by Crippen LogP contribution is 2.47. The molecule has 6 heteroatoms. The molecule has 5 heterocycles. The SMILES string of the molecule is N#Cc1ccc(-c2c(-n3c4ccccc4c4ccc5c6ccccc6n(-c6ccccc6)c5c43)cncc2-n2c3ccccc3c3ccc4c5ccccc5n(-c5ccccc5)c4c32)cc1. The van der Waals surface area contributed by atoms with E-state index in [0.29, 0.717) is 5.56 Å². The Hall–Kier alpha value is -9.18. The van der Waals surface area contributed by atoms with Crippen molar-refractivity contribution in [1.29, 1.82) is 5.26 Å². The summed E-state index contributed by atoms with van der Waals surface area (Å²) in [7, 11) is 0. The Balaban J connectivity index is 1.20. The van der Waals surface area contributed by atoms with Crippen LogP contribution in [0.3, 0.4) is 0 Å². The van der Waals surface area contributed by atoms with E-state index in [2.05, 4.69) is 218 Å². The van der Waals surface area contributed by atoms with Crippen molar-refractivity contribution in [2.24, 2.45) is 0 Å². The van der Waals surface area contributed by atoms with E-state index in [4.69, 9.17) is 4.98 Å². The van der Waals surface area contributed by atoms with Crippen LogP contribution in [-0.4, -0.2) is 23.3 Å². The average Bonchev–Trinajstić information content (AvgIpc) is 4.12. The normalized spacial score (nSPS) is 11.9. The van der Waals surface area contributed by atoms with E-state index in [1.165, 1.54) is 21.5 Å². The van der Waals surface area contributed by atoms with Crippen molar-refractivity contribution in [2.45, 2.75) is 0 Å². The fraction of sp³-hybridized carbons (Fsp3) is 0. The first-order valence-electron chi connectivity index (χ1n) is 22.3. The molecule has 0 saturated heterocycles.